The summed E-state index contributed by atoms with van der Waals surface area (Å²) in [5.41, 5.74) is 8.16. The van der Waals surface area contributed by atoms with Crippen molar-refractivity contribution in [3.05, 3.63) is 46.2 Å². The lowest BCUT2D eigenvalue weighted by Gasteiger charge is -2.20. The highest BCUT2D eigenvalue weighted by molar-refractivity contribution is 6.31. The number of hydrogen-bond donors (Lipinski definition) is 3. The van der Waals surface area contributed by atoms with Crippen LogP contribution in [-0.2, 0) is 13.2 Å². The Balaban J connectivity index is 2.58. The molecule has 114 valence electrons. The number of rotatable bonds is 3. The number of alkyl halides is 3. The third-order valence-corrected chi connectivity index (χ3v) is 3.39. The molecule has 0 saturated heterocycles. The molecule has 1 atom stereocenters. The predicted molar refractivity (Wildman–Crippen MR) is 73.2 cm³/mol. The van der Waals surface area contributed by atoms with Crippen LogP contribution in [0.3, 0.4) is 0 Å². The summed E-state index contributed by atoms with van der Waals surface area (Å²) < 4.78 is 39.9. The standard InChI is InChI=1S/C12H13ClF3N5/c1-21-11(8(13)5-19-21)10(20-18)7-4-6(12(14,15)16)2-3-9(7)17/h2-5,10,20H,17-18H2,1H3. The van der Waals surface area contributed by atoms with Gasteiger partial charge in [0.15, 0.2) is 0 Å². The third-order valence-electron chi connectivity index (χ3n) is 3.10. The minimum Gasteiger partial charge on any atom is -0.398 e. The molecule has 0 spiro atoms. The summed E-state index contributed by atoms with van der Waals surface area (Å²) in [5.74, 6) is 5.48. The van der Waals surface area contributed by atoms with Crippen LogP contribution in [-0.4, -0.2) is 9.78 Å². The van der Waals surface area contributed by atoms with Gasteiger partial charge in [-0.05, 0) is 23.8 Å². The maximum atomic E-state index is 12.8. The first-order valence-corrected chi connectivity index (χ1v) is 6.23. The van der Waals surface area contributed by atoms with Crippen LogP contribution in [0, 0.1) is 0 Å². The Kier molecular flexibility index (Phi) is 4.13. The molecule has 0 fully saturated rings. The van der Waals surface area contributed by atoms with Gasteiger partial charge in [-0.2, -0.15) is 18.3 Å². The molecular formula is C12H13ClF3N5. The number of nitrogen functional groups attached to an aromatic ring is 1. The third kappa shape index (κ3) is 2.97. The number of benzene rings is 1. The van der Waals surface area contributed by atoms with Crippen molar-refractivity contribution < 1.29 is 13.2 Å². The van der Waals surface area contributed by atoms with E-state index in [2.05, 4.69) is 10.5 Å². The normalized spacial score (nSPS) is 13.4. The van der Waals surface area contributed by atoms with Crippen molar-refractivity contribution in [3.8, 4) is 0 Å². The largest absolute Gasteiger partial charge is 0.416 e. The maximum absolute atomic E-state index is 12.8. The van der Waals surface area contributed by atoms with Gasteiger partial charge in [0.25, 0.3) is 0 Å². The van der Waals surface area contributed by atoms with Crippen molar-refractivity contribution in [2.75, 3.05) is 5.73 Å². The Labute approximate surface area is 123 Å². The quantitative estimate of drug-likeness (QED) is 0.460. The molecule has 0 aliphatic carbocycles. The molecule has 2 rings (SSSR count). The van der Waals surface area contributed by atoms with Gasteiger partial charge >= 0.3 is 6.18 Å². The number of nitrogens with one attached hydrogen (secondary N) is 1. The first-order chi connectivity index (χ1) is 9.75. The molecule has 9 heteroatoms. The molecule has 1 aromatic heterocycles. The second-order valence-corrected chi connectivity index (χ2v) is 4.85. The predicted octanol–water partition coefficient (Wildman–Crippen LogP) is 2.23. The molecule has 0 saturated carbocycles. The Hall–Kier alpha value is -1.77. The summed E-state index contributed by atoms with van der Waals surface area (Å²) in [6.07, 6.45) is -3.09. The molecule has 5 nitrogen and oxygen atoms in total. The Morgan fingerprint density at radius 3 is 2.52 bits per heavy atom. The zero-order chi connectivity index (χ0) is 15.8. The fourth-order valence-electron chi connectivity index (χ4n) is 2.06. The first kappa shape index (κ1) is 15.6. The zero-order valence-corrected chi connectivity index (χ0v) is 11.7. The van der Waals surface area contributed by atoms with E-state index >= 15 is 0 Å². The van der Waals surface area contributed by atoms with E-state index in [1.54, 1.807) is 7.05 Å². The lowest BCUT2D eigenvalue weighted by atomic mass is 9.99. The van der Waals surface area contributed by atoms with Crippen molar-refractivity contribution in [1.29, 1.82) is 0 Å². The van der Waals surface area contributed by atoms with Crippen molar-refractivity contribution in [3.63, 3.8) is 0 Å². The first-order valence-electron chi connectivity index (χ1n) is 5.86. The van der Waals surface area contributed by atoms with E-state index in [0.717, 1.165) is 12.1 Å². The van der Waals surface area contributed by atoms with Crippen LogP contribution < -0.4 is 17.0 Å². The summed E-state index contributed by atoms with van der Waals surface area (Å²) in [4.78, 5) is 0. The number of aryl methyl sites for hydroxylation is 1. The summed E-state index contributed by atoms with van der Waals surface area (Å²) in [5, 5.41) is 4.21. The number of hydrazine groups is 1. The molecule has 2 aromatic rings. The molecule has 1 heterocycles. The number of aromatic nitrogens is 2. The smallest absolute Gasteiger partial charge is 0.398 e. The van der Waals surface area contributed by atoms with Crippen molar-refractivity contribution in [1.82, 2.24) is 15.2 Å². The number of nitrogens with two attached hydrogens (primary N) is 2. The van der Waals surface area contributed by atoms with Gasteiger partial charge in [-0.3, -0.25) is 10.5 Å². The molecule has 0 bridgehead atoms. The fraction of sp³-hybridized carbons (Fsp3) is 0.250. The minimum atomic E-state index is -4.47. The molecule has 0 amide bonds. The van der Waals surface area contributed by atoms with E-state index in [9.17, 15) is 13.2 Å². The number of anilines is 1. The van der Waals surface area contributed by atoms with E-state index in [1.807, 2.05) is 0 Å². The van der Waals surface area contributed by atoms with Crippen molar-refractivity contribution in [2.24, 2.45) is 12.9 Å². The highest BCUT2D eigenvalue weighted by Gasteiger charge is 2.32. The van der Waals surface area contributed by atoms with Gasteiger partial charge < -0.3 is 5.73 Å². The van der Waals surface area contributed by atoms with Gasteiger partial charge in [0.2, 0.25) is 0 Å². The summed E-state index contributed by atoms with van der Waals surface area (Å²) in [6.45, 7) is 0. The Bertz CT molecular complexity index is 633. The molecule has 1 aromatic carbocycles. The average Bonchev–Trinajstić information content (AvgIpc) is 2.72. The molecule has 1 unspecified atom stereocenters. The van der Waals surface area contributed by atoms with E-state index in [-0.39, 0.29) is 16.3 Å². The maximum Gasteiger partial charge on any atom is 0.416 e. The lowest BCUT2D eigenvalue weighted by Crippen LogP contribution is -2.31. The van der Waals surface area contributed by atoms with Crippen molar-refractivity contribution >= 4 is 17.3 Å². The lowest BCUT2D eigenvalue weighted by molar-refractivity contribution is -0.137. The molecule has 5 N–H and O–H groups in total. The van der Waals surface area contributed by atoms with Crippen LogP contribution in [0.5, 0.6) is 0 Å². The molecule has 0 aliphatic rings. The van der Waals surface area contributed by atoms with Gasteiger partial charge in [-0.1, -0.05) is 11.6 Å². The molecule has 0 radical (unpaired) electrons. The average molecular weight is 320 g/mol. The number of halogens is 4. The van der Waals surface area contributed by atoms with E-state index in [1.165, 1.54) is 16.9 Å². The Morgan fingerprint density at radius 1 is 1.38 bits per heavy atom. The fourth-order valence-corrected chi connectivity index (χ4v) is 2.34. The summed E-state index contributed by atoms with van der Waals surface area (Å²) in [7, 11) is 1.61. The molecule has 0 aliphatic heterocycles. The summed E-state index contributed by atoms with van der Waals surface area (Å²) in [6, 6.07) is 2.24. The van der Waals surface area contributed by atoms with Crippen LogP contribution in [0.4, 0.5) is 18.9 Å². The number of nitrogens with zero attached hydrogens (tertiary/aromatic N) is 2. The molecular weight excluding hydrogens is 307 g/mol. The van der Waals surface area contributed by atoms with Crippen LogP contribution >= 0.6 is 11.6 Å². The highest BCUT2D eigenvalue weighted by Crippen LogP contribution is 2.35. The van der Waals surface area contributed by atoms with Gasteiger partial charge in [0, 0.05) is 12.7 Å². The second kappa shape index (κ2) is 5.55. The van der Waals surface area contributed by atoms with Gasteiger partial charge in [0.05, 0.1) is 28.5 Å². The topological polar surface area (TPSA) is 81.9 Å². The Morgan fingerprint density at radius 2 is 2.05 bits per heavy atom. The summed E-state index contributed by atoms with van der Waals surface area (Å²) >= 11 is 6.01. The van der Waals surface area contributed by atoms with Crippen LogP contribution in [0.25, 0.3) is 0 Å². The molecule has 21 heavy (non-hydrogen) atoms. The van der Waals surface area contributed by atoms with E-state index in [4.69, 9.17) is 23.2 Å². The van der Waals surface area contributed by atoms with E-state index in [0.29, 0.717) is 5.69 Å². The highest BCUT2D eigenvalue weighted by atomic mass is 35.5. The SMILES string of the molecule is Cn1ncc(Cl)c1C(NN)c1cc(C(F)(F)F)ccc1N. The number of hydrogen-bond acceptors (Lipinski definition) is 4. The monoisotopic (exact) mass is 319 g/mol. The van der Waals surface area contributed by atoms with Crippen LogP contribution in [0.2, 0.25) is 5.02 Å². The van der Waals surface area contributed by atoms with E-state index < -0.39 is 17.8 Å². The van der Waals surface area contributed by atoms with Crippen LogP contribution in [0.15, 0.2) is 24.4 Å². The van der Waals surface area contributed by atoms with Crippen LogP contribution in [0.1, 0.15) is 22.9 Å². The zero-order valence-electron chi connectivity index (χ0n) is 10.9. The second-order valence-electron chi connectivity index (χ2n) is 4.44. The van der Waals surface area contributed by atoms with Gasteiger partial charge in [-0.25, -0.2) is 5.43 Å². The van der Waals surface area contributed by atoms with Gasteiger partial charge in [0.1, 0.15) is 0 Å². The minimum absolute atomic E-state index is 0.170. The van der Waals surface area contributed by atoms with Gasteiger partial charge in [-0.15, -0.1) is 0 Å². The van der Waals surface area contributed by atoms with Crippen molar-refractivity contribution in [2.45, 2.75) is 12.2 Å².